The predicted octanol–water partition coefficient (Wildman–Crippen LogP) is 4.50. The molecule has 0 aliphatic carbocycles. The van der Waals surface area contributed by atoms with Gasteiger partial charge in [0.15, 0.2) is 0 Å². The molecule has 0 saturated carbocycles. The van der Waals surface area contributed by atoms with Gasteiger partial charge < -0.3 is 10.1 Å². The third-order valence-corrected chi connectivity index (χ3v) is 5.72. The molecule has 0 radical (unpaired) electrons. The molecule has 0 saturated heterocycles. The third-order valence-electron chi connectivity index (χ3n) is 4.58. The highest BCUT2D eigenvalue weighted by Gasteiger charge is 2.21. The molecular formula is C23H24N2O4S. The Balaban J connectivity index is 1.68. The van der Waals surface area contributed by atoms with Gasteiger partial charge in [-0.1, -0.05) is 24.3 Å². The van der Waals surface area contributed by atoms with Crippen molar-refractivity contribution >= 4 is 27.3 Å². The molecule has 0 fully saturated rings. The highest BCUT2D eigenvalue weighted by molar-refractivity contribution is 7.92. The van der Waals surface area contributed by atoms with E-state index >= 15 is 0 Å². The molecule has 1 N–H and O–H groups in total. The van der Waals surface area contributed by atoms with Crippen molar-refractivity contribution in [2.75, 3.05) is 22.4 Å². The van der Waals surface area contributed by atoms with Crippen molar-refractivity contribution < 1.29 is 17.9 Å². The van der Waals surface area contributed by atoms with Crippen molar-refractivity contribution in [2.45, 2.75) is 13.8 Å². The lowest BCUT2D eigenvalue weighted by molar-refractivity contribution is -0.114. The molecule has 6 nitrogen and oxygen atoms in total. The first-order chi connectivity index (χ1) is 14.2. The van der Waals surface area contributed by atoms with Gasteiger partial charge in [-0.15, -0.1) is 0 Å². The van der Waals surface area contributed by atoms with Crippen molar-refractivity contribution in [1.82, 2.24) is 0 Å². The maximum atomic E-state index is 12.5. The molecule has 0 aromatic heterocycles. The molecule has 0 atom stereocenters. The molecular weight excluding hydrogens is 400 g/mol. The van der Waals surface area contributed by atoms with Gasteiger partial charge in [0.05, 0.1) is 11.9 Å². The maximum Gasteiger partial charge on any atom is 0.245 e. The van der Waals surface area contributed by atoms with Crippen molar-refractivity contribution in [1.29, 1.82) is 0 Å². The van der Waals surface area contributed by atoms with Crippen LogP contribution < -0.4 is 14.4 Å². The number of para-hydroxylation sites is 1. The maximum absolute atomic E-state index is 12.5. The number of carbonyl (C=O) groups is 1. The molecule has 7 heteroatoms. The SMILES string of the molecule is Cc1ccc(N(CC(=O)Nc2ccc(Oc3ccccc3)cc2)S(C)(=O)=O)cc1C. The van der Waals surface area contributed by atoms with Crippen molar-refractivity contribution in [3.8, 4) is 11.5 Å². The number of carbonyl (C=O) groups excluding carboxylic acids is 1. The van der Waals surface area contributed by atoms with E-state index in [0.29, 0.717) is 22.9 Å². The molecule has 0 heterocycles. The summed E-state index contributed by atoms with van der Waals surface area (Å²) in [4.78, 5) is 12.5. The van der Waals surface area contributed by atoms with Crippen molar-refractivity contribution in [2.24, 2.45) is 0 Å². The van der Waals surface area contributed by atoms with Crippen molar-refractivity contribution in [3.63, 3.8) is 0 Å². The van der Waals surface area contributed by atoms with Gasteiger partial charge >= 0.3 is 0 Å². The zero-order valence-electron chi connectivity index (χ0n) is 17.1. The topological polar surface area (TPSA) is 75.7 Å². The standard InChI is InChI=1S/C23H24N2O4S/c1-17-9-12-20(15-18(17)2)25(30(3,27)28)16-23(26)24-19-10-13-22(14-11-19)29-21-7-5-4-6-8-21/h4-15H,16H2,1-3H3,(H,24,26). The minimum Gasteiger partial charge on any atom is -0.457 e. The minimum atomic E-state index is -3.62. The fourth-order valence-electron chi connectivity index (χ4n) is 2.84. The first-order valence-corrected chi connectivity index (χ1v) is 11.2. The second kappa shape index (κ2) is 9.00. The number of ether oxygens (including phenoxy) is 1. The fourth-order valence-corrected chi connectivity index (χ4v) is 3.69. The molecule has 156 valence electrons. The Morgan fingerprint density at radius 1 is 0.900 bits per heavy atom. The van der Waals surface area contributed by atoms with Crippen LogP contribution in [0.4, 0.5) is 11.4 Å². The first-order valence-electron chi connectivity index (χ1n) is 9.40. The average molecular weight is 425 g/mol. The number of anilines is 2. The Bertz CT molecular complexity index is 1130. The van der Waals surface area contributed by atoms with Gasteiger partial charge in [-0.25, -0.2) is 8.42 Å². The number of aryl methyl sites for hydroxylation is 2. The van der Waals surface area contributed by atoms with Crippen LogP contribution in [0.2, 0.25) is 0 Å². The number of sulfonamides is 1. The summed E-state index contributed by atoms with van der Waals surface area (Å²) in [5.74, 6) is 0.911. The monoisotopic (exact) mass is 424 g/mol. The Hall–Kier alpha value is -3.32. The van der Waals surface area contributed by atoms with E-state index in [1.54, 1.807) is 36.4 Å². The van der Waals surface area contributed by atoms with Crippen LogP contribution in [-0.4, -0.2) is 27.1 Å². The van der Waals surface area contributed by atoms with Crippen molar-refractivity contribution in [3.05, 3.63) is 83.9 Å². The van der Waals surface area contributed by atoms with Gasteiger partial charge in [-0.3, -0.25) is 9.10 Å². The molecule has 0 bridgehead atoms. The Kier molecular flexibility index (Phi) is 6.42. The normalized spacial score (nSPS) is 11.0. The fraction of sp³-hybridized carbons (Fsp3) is 0.174. The van der Waals surface area contributed by atoms with E-state index in [-0.39, 0.29) is 6.54 Å². The largest absolute Gasteiger partial charge is 0.457 e. The van der Waals surface area contributed by atoms with Crippen LogP contribution in [-0.2, 0) is 14.8 Å². The van der Waals surface area contributed by atoms with E-state index in [4.69, 9.17) is 4.74 Å². The quantitative estimate of drug-likeness (QED) is 0.606. The third kappa shape index (κ3) is 5.61. The number of nitrogens with one attached hydrogen (secondary N) is 1. The summed E-state index contributed by atoms with van der Waals surface area (Å²) in [5, 5.41) is 2.73. The van der Waals surface area contributed by atoms with E-state index < -0.39 is 15.9 Å². The van der Waals surface area contributed by atoms with Crippen LogP contribution in [0.15, 0.2) is 72.8 Å². The molecule has 0 aliphatic rings. The minimum absolute atomic E-state index is 0.316. The smallest absolute Gasteiger partial charge is 0.245 e. The van der Waals surface area contributed by atoms with Crippen LogP contribution >= 0.6 is 0 Å². The highest BCUT2D eigenvalue weighted by atomic mass is 32.2. The second-order valence-electron chi connectivity index (χ2n) is 7.03. The lowest BCUT2D eigenvalue weighted by atomic mass is 10.1. The van der Waals surface area contributed by atoms with Crippen LogP contribution in [0, 0.1) is 13.8 Å². The molecule has 0 aliphatic heterocycles. The zero-order valence-corrected chi connectivity index (χ0v) is 17.9. The van der Waals surface area contributed by atoms with Gasteiger partial charge in [-0.2, -0.15) is 0 Å². The number of hydrogen-bond donors (Lipinski definition) is 1. The summed E-state index contributed by atoms with van der Waals surface area (Å²) in [6.07, 6.45) is 1.09. The number of amides is 1. The number of nitrogens with zero attached hydrogens (tertiary/aromatic N) is 1. The molecule has 30 heavy (non-hydrogen) atoms. The van der Waals surface area contributed by atoms with E-state index in [0.717, 1.165) is 21.7 Å². The predicted molar refractivity (Wildman–Crippen MR) is 120 cm³/mol. The summed E-state index contributed by atoms with van der Waals surface area (Å²) in [7, 11) is -3.62. The summed E-state index contributed by atoms with van der Waals surface area (Å²) in [5.41, 5.74) is 3.02. The molecule has 0 unspecified atom stereocenters. The summed E-state index contributed by atoms with van der Waals surface area (Å²) < 4.78 is 31.4. The van der Waals surface area contributed by atoms with E-state index in [9.17, 15) is 13.2 Å². The van der Waals surface area contributed by atoms with Gasteiger partial charge in [-0.05, 0) is 73.5 Å². The van der Waals surface area contributed by atoms with E-state index in [1.807, 2.05) is 50.2 Å². The molecule has 3 rings (SSSR count). The molecule has 0 spiro atoms. The Labute approximate surface area is 177 Å². The summed E-state index contributed by atoms with van der Waals surface area (Å²) in [6.45, 7) is 3.53. The van der Waals surface area contributed by atoms with Gasteiger partial charge in [0.2, 0.25) is 15.9 Å². The summed E-state index contributed by atoms with van der Waals surface area (Å²) >= 11 is 0. The van der Waals surface area contributed by atoms with Gasteiger partial charge in [0.1, 0.15) is 18.0 Å². The summed E-state index contributed by atoms with van der Waals surface area (Å²) in [6, 6.07) is 21.6. The zero-order chi connectivity index (χ0) is 21.7. The average Bonchev–Trinajstić information content (AvgIpc) is 2.70. The number of hydrogen-bond acceptors (Lipinski definition) is 4. The van der Waals surface area contributed by atoms with Crippen LogP contribution in [0.1, 0.15) is 11.1 Å². The van der Waals surface area contributed by atoms with Crippen LogP contribution in [0.5, 0.6) is 11.5 Å². The van der Waals surface area contributed by atoms with E-state index in [1.165, 1.54) is 0 Å². The second-order valence-corrected chi connectivity index (χ2v) is 8.93. The van der Waals surface area contributed by atoms with Gasteiger partial charge in [0.25, 0.3) is 0 Å². The molecule has 3 aromatic rings. The molecule has 1 amide bonds. The van der Waals surface area contributed by atoms with Crippen LogP contribution in [0.3, 0.4) is 0 Å². The van der Waals surface area contributed by atoms with Gasteiger partial charge in [0, 0.05) is 5.69 Å². The van der Waals surface area contributed by atoms with E-state index in [2.05, 4.69) is 5.32 Å². The number of benzene rings is 3. The molecule has 3 aromatic carbocycles. The highest BCUT2D eigenvalue weighted by Crippen LogP contribution is 2.24. The lowest BCUT2D eigenvalue weighted by Gasteiger charge is -2.22. The Morgan fingerprint density at radius 2 is 1.53 bits per heavy atom. The Morgan fingerprint density at radius 3 is 2.13 bits per heavy atom. The number of rotatable bonds is 7. The first kappa shape index (κ1) is 21.4. The van der Waals surface area contributed by atoms with Crippen LogP contribution in [0.25, 0.3) is 0 Å². The lowest BCUT2D eigenvalue weighted by Crippen LogP contribution is -2.37.